The van der Waals surface area contributed by atoms with Crippen molar-refractivity contribution in [1.82, 2.24) is 5.09 Å². The van der Waals surface area contributed by atoms with Gasteiger partial charge in [-0.3, -0.25) is 4.79 Å². The zero-order valence-electron chi connectivity index (χ0n) is 8.76. The van der Waals surface area contributed by atoms with E-state index >= 15 is 0 Å². The van der Waals surface area contributed by atoms with Crippen LogP contribution in [0.15, 0.2) is 24.3 Å². The fourth-order valence-electron chi connectivity index (χ4n) is 0.944. The van der Waals surface area contributed by atoms with Crippen molar-refractivity contribution < 1.29 is 19.0 Å². The van der Waals surface area contributed by atoms with Gasteiger partial charge in [-0.15, -0.1) is 0 Å². The molecule has 0 aliphatic carbocycles. The molecule has 17 heavy (non-hydrogen) atoms. The minimum Gasteiger partial charge on any atom is -0.480 e. The van der Waals surface area contributed by atoms with Gasteiger partial charge in [-0.05, 0) is 53.8 Å². The molecule has 0 fully saturated rings. The quantitative estimate of drug-likeness (QED) is 0.598. The Morgan fingerprint density at radius 3 is 2.53 bits per heavy atom. The van der Waals surface area contributed by atoms with Gasteiger partial charge in [0.05, 0.1) is 0 Å². The number of carboxylic acids is 1. The highest BCUT2D eigenvalue weighted by atomic mass is 127. The van der Waals surface area contributed by atoms with Gasteiger partial charge in [-0.25, -0.2) is 9.65 Å². The first-order valence-electron chi connectivity index (χ1n) is 4.55. The fraction of sp³-hybridized carbons (Fsp3) is 0.222. The molecule has 0 bridgehead atoms. The van der Waals surface area contributed by atoms with Crippen LogP contribution in [0.25, 0.3) is 0 Å². The Morgan fingerprint density at radius 1 is 1.53 bits per heavy atom. The molecule has 1 aromatic rings. The molecule has 8 heteroatoms. The van der Waals surface area contributed by atoms with Crippen LogP contribution >= 0.6 is 40.7 Å². The molecule has 2 N–H and O–H groups in total. The molecular formula is C9H10ClINO4P. The number of carbonyl (C=O) groups is 1. The van der Waals surface area contributed by atoms with E-state index in [2.05, 4.69) is 27.7 Å². The SMILES string of the molecule is CC(NP(=O)(Cl)Oc1ccc(I)cc1)C(=O)O. The van der Waals surface area contributed by atoms with Crippen LogP contribution in [0.4, 0.5) is 0 Å². The number of aliphatic carboxylic acids is 1. The van der Waals surface area contributed by atoms with E-state index in [1.54, 1.807) is 24.3 Å². The highest BCUT2D eigenvalue weighted by Crippen LogP contribution is 2.48. The first-order valence-corrected chi connectivity index (χ1v) is 8.16. The molecule has 1 rings (SSSR count). The minimum absolute atomic E-state index is 0.314. The Labute approximate surface area is 117 Å². The molecule has 0 radical (unpaired) electrons. The molecule has 0 aliphatic rings. The van der Waals surface area contributed by atoms with Crippen molar-refractivity contribution in [3.8, 4) is 5.75 Å². The Morgan fingerprint density at radius 2 is 2.06 bits per heavy atom. The second-order valence-corrected chi connectivity index (χ2v) is 7.19. The summed E-state index contributed by atoms with van der Waals surface area (Å²) in [6.07, 6.45) is 0. The summed E-state index contributed by atoms with van der Waals surface area (Å²) < 4.78 is 17.8. The monoisotopic (exact) mass is 389 g/mol. The standard InChI is InChI=1S/C9H10ClINO4P/c1-6(9(13)14)12-17(10,15)16-8-4-2-7(11)3-5-8/h2-6H,1H3,(H,12,15)(H,13,14). The largest absolute Gasteiger partial charge is 0.480 e. The van der Waals surface area contributed by atoms with E-state index in [1.807, 2.05) is 0 Å². The lowest BCUT2D eigenvalue weighted by Crippen LogP contribution is -2.31. The van der Waals surface area contributed by atoms with Gasteiger partial charge in [-0.1, -0.05) is 0 Å². The van der Waals surface area contributed by atoms with Crippen LogP contribution in [0.2, 0.25) is 0 Å². The predicted molar refractivity (Wildman–Crippen MR) is 73.5 cm³/mol. The summed E-state index contributed by atoms with van der Waals surface area (Å²) in [7, 11) is 0. The molecule has 2 unspecified atom stereocenters. The van der Waals surface area contributed by atoms with Crippen LogP contribution in [-0.2, 0) is 9.36 Å². The second kappa shape index (κ2) is 6.04. The number of hydrogen-bond donors (Lipinski definition) is 2. The Kier molecular flexibility index (Phi) is 5.24. The molecular weight excluding hydrogens is 379 g/mol. The number of nitrogens with one attached hydrogen (secondary N) is 1. The van der Waals surface area contributed by atoms with Crippen LogP contribution in [-0.4, -0.2) is 17.1 Å². The Hall–Kier alpha value is -0.300. The first kappa shape index (κ1) is 14.8. The molecule has 0 spiro atoms. The minimum atomic E-state index is -3.70. The molecule has 0 aliphatic heterocycles. The third-order valence-electron chi connectivity index (χ3n) is 1.75. The van der Waals surface area contributed by atoms with Crippen molar-refractivity contribution in [2.24, 2.45) is 0 Å². The molecule has 2 atom stereocenters. The average molecular weight is 390 g/mol. The summed E-state index contributed by atoms with van der Waals surface area (Å²) in [5.41, 5.74) is 0. The normalized spacial score (nSPS) is 15.9. The molecule has 5 nitrogen and oxygen atoms in total. The smallest absolute Gasteiger partial charge is 0.409 e. The lowest BCUT2D eigenvalue weighted by molar-refractivity contribution is -0.138. The zero-order chi connectivity index (χ0) is 13.1. The van der Waals surface area contributed by atoms with E-state index in [4.69, 9.17) is 20.9 Å². The first-order chi connectivity index (χ1) is 7.80. The molecule has 94 valence electrons. The third kappa shape index (κ3) is 5.25. The van der Waals surface area contributed by atoms with Gasteiger partial charge in [0.2, 0.25) is 0 Å². The lowest BCUT2D eigenvalue weighted by Gasteiger charge is -2.16. The van der Waals surface area contributed by atoms with Crippen LogP contribution in [0.1, 0.15) is 6.92 Å². The van der Waals surface area contributed by atoms with Crippen LogP contribution in [0.3, 0.4) is 0 Å². The van der Waals surface area contributed by atoms with Crippen molar-refractivity contribution in [1.29, 1.82) is 0 Å². The number of benzene rings is 1. The van der Waals surface area contributed by atoms with Crippen LogP contribution < -0.4 is 9.61 Å². The van der Waals surface area contributed by atoms with E-state index in [1.165, 1.54) is 6.92 Å². The van der Waals surface area contributed by atoms with E-state index in [0.717, 1.165) is 3.57 Å². The van der Waals surface area contributed by atoms with E-state index < -0.39 is 18.9 Å². The maximum Gasteiger partial charge on any atom is 0.409 e. The number of halogens is 2. The lowest BCUT2D eigenvalue weighted by atomic mass is 10.3. The highest BCUT2D eigenvalue weighted by Gasteiger charge is 2.26. The topological polar surface area (TPSA) is 75.6 Å². The second-order valence-electron chi connectivity index (χ2n) is 3.21. The molecule has 0 amide bonds. The third-order valence-corrected chi connectivity index (χ3v) is 4.12. The summed E-state index contributed by atoms with van der Waals surface area (Å²) in [6, 6.07) is 5.66. The molecule has 0 saturated heterocycles. The van der Waals surface area contributed by atoms with Crippen molar-refractivity contribution in [3.05, 3.63) is 27.8 Å². The maximum absolute atomic E-state index is 11.7. The number of rotatable bonds is 5. The van der Waals surface area contributed by atoms with Gasteiger partial charge >= 0.3 is 12.8 Å². The molecule has 0 aromatic heterocycles. The number of hydrogen-bond acceptors (Lipinski definition) is 3. The average Bonchev–Trinajstić information content (AvgIpc) is 2.20. The van der Waals surface area contributed by atoms with Crippen LogP contribution in [0, 0.1) is 3.57 Å². The Bertz CT molecular complexity index is 453. The molecule has 0 saturated carbocycles. The fourth-order valence-corrected chi connectivity index (χ4v) is 3.00. The summed E-state index contributed by atoms with van der Waals surface area (Å²) in [6.45, 7) is -2.37. The van der Waals surface area contributed by atoms with Gasteiger partial charge < -0.3 is 9.63 Å². The van der Waals surface area contributed by atoms with Crippen molar-refractivity contribution >= 4 is 46.7 Å². The predicted octanol–water partition coefficient (Wildman–Crippen LogP) is 3.08. The van der Waals surface area contributed by atoms with Crippen molar-refractivity contribution in [2.45, 2.75) is 13.0 Å². The number of carboxylic acid groups (broad SMARTS) is 1. The van der Waals surface area contributed by atoms with Gasteiger partial charge in [0.15, 0.2) is 0 Å². The molecule has 1 aromatic carbocycles. The van der Waals surface area contributed by atoms with Crippen molar-refractivity contribution in [3.63, 3.8) is 0 Å². The van der Waals surface area contributed by atoms with E-state index in [-0.39, 0.29) is 0 Å². The Balaban J connectivity index is 2.69. The zero-order valence-corrected chi connectivity index (χ0v) is 12.6. The van der Waals surface area contributed by atoms with Gasteiger partial charge in [0.1, 0.15) is 11.8 Å². The van der Waals surface area contributed by atoms with E-state index in [9.17, 15) is 9.36 Å². The van der Waals surface area contributed by atoms with Gasteiger partial charge in [0, 0.05) is 14.8 Å². The maximum atomic E-state index is 11.7. The molecule has 0 heterocycles. The summed E-state index contributed by atoms with van der Waals surface area (Å²) in [5, 5.41) is 10.9. The summed E-state index contributed by atoms with van der Waals surface area (Å²) >= 11 is 7.72. The van der Waals surface area contributed by atoms with Crippen molar-refractivity contribution in [2.75, 3.05) is 0 Å². The summed E-state index contributed by atoms with van der Waals surface area (Å²) in [5.74, 6) is -0.842. The van der Waals surface area contributed by atoms with Crippen LogP contribution in [0.5, 0.6) is 5.75 Å². The van der Waals surface area contributed by atoms with Gasteiger partial charge in [0.25, 0.3) is 0 Å². The van der Waals surface area contributed by atoms with E-state index in [0.29, 0.717) is 5.75 Å². The highest BCUT2D eigenvalue weighted by molar-refractivity contribution is 14.1. The summed E-state index contributed by atoms with van der Waals surface area (Å²) in [4.78, 5) is 10.6. The van der Waals surface area contributed by atoms with Gasteiger partial charge in [-0.2, -0.15) is 0 Å².